The van der Waals surface area contributed by atoms with Crippen molar-refractivity contribution < 1.29 is 9.90 Å². The highest BCUT2D eigenvalue weighted by molar-refractivity contribution is 8.00. The molecule has 1 heterocycles. The SMILES string of the molecule is CC(C)(NCC1Cc2ccccc2S1)C(C)(C)C(=O)O. The average Bonchev–Trinajstić information content (AvgIpc) is 2.78. The summed E-state index contributed by atoms with van der Waals surface area (Å²) < 4.78 is 0. The first kappa shape index (κ1) is 15.4. The number of rotatable bonds is 5. The Balaban J connectivity index is 1.96. The van der Waals surface area contributed by atoms with Gasteiger partial charge < -0.3 is 10.4 Å². The van der Waals surface area contributed by atoms with Gasteiger partial charge in [-0.1, -0.05) is 18.2 Å². The summed E-state index contributed by atoms with van der Waals surface area (Å²) in [6, 6.07) is 8.48. The van der Waals surface area contributed by atoms with Crippen LogP contribution in [0.4, 0.5) is 0 Å². The smallest absolute Gasteiger partial charge is 0.310 e. The van der Waals surface area contributed by atoms with Crippen molar-refractivity contribution >= 4 is 17.7 Å². The van der Waals surface area contributed by atoms with Gasteiger partial charge in [-0.2, -0.15) is 0 Å². The summed E-state index contributed by atoms with van der Waals surface area (Å²) >= 11 is 1.89. The number of hydrogen-bond donors (Lipinski definition) is 2. The maximum absolute atomic E-state index is 11.4. The Hall–Kier alpha value is -1.00. The molecule has 1 aromatic carbocycles. The van der Waals surface area contributed by atoms with Gasteiger partial charge in [-0.3, -0.25) is 4.79 Å². The van der Waals surface area contributed by atoms with E-state index in [1.165, 1.54) is 10.5 Å². The monoisotopic (exact) mass is 293 g/mol. The number of fused-ring (bicyclic) bond motifs is 1. The van der Waals surface area contributed by atoms with Gasteiger partial charge in [0, 0.05) is 22.2 Å². The number of hydrogen-bond acceptors (Lipinski definition) is 3. The van der Waals surface area contributed by atoms with Crippen molar-refractivity contribution in [1.29, 1.82) is 0 Å². The Bertz CT molecular complexity index is 486. The van der Waals surface area contributed by atoms with Crippen LogP contribution >= 0.6 is 11.8 Å². The van der Waals surface area contributed by atoms with Crippen LogP contribution in [0.2, 0.25) is 0 Å². The van der Waals surface area contributed by atoms with Crippen molar-refractivity contribution in [1.82, 2.24) is 5.32 Å². The summed E-state index contributed by atoms with van der Waals surface area (Å²) in [5.74, 6) is -0.766. The molecule has 4 heteroatoms. The molecule has 20 heavy (non-hydrogen) atoms. The third kappa shape index (κ3) is 2.86. The molecule has 1 aromatic rings. The molecule has 3 nitrogen and oxygen atoms in total. The van der Waals surface area contributed by atoms with E-state index in [1.54, 1.807) is 13.8 Å². The van der Waals surface area contributed by atoms with Gasteiger partial charge >= 0.3 is 5.97 Å². The lowest BCUT2D eigenvalue weighted by Crippen LogP contribution is -2.56. The van der Waals surface area contributed by atoms with Crippen LogP contribution in [-0.2, 0) is 11.2 Å². The first-order valence-corrected chi connectivity index (χ1v) is 7.85. The molecule has 0 amide bonds. The second-order valence-electron chi connectivity index (χ2n) is 6.49. The van der Waals surface area contributed by atoms with E-state index in [2.05, 4.69) is 29.6 Å². The Labute approximate surface area is 125 Å². The zero-order chi connectivity index (χ0) is 15.0. The lowest BCUT2D eigenvalue weighted by molar-refractivity contribution is -0.151. The minimum Gasteiger partial charge on any atom is -0.481 e. The van der Waals surface area contributed by atoms with Gasteiger partial charge in [0.05, 0.1) is 5.41 Å². The molecule has 0 radical (unpaired) electrons. The van der Waals surface area contributed by atoms with Crippen LogP contribution in [0.3, 0.4) is 0 Å². The summed E-state index contributed by atoms with van der Waals surface area (Å²) in [5.41, 5.74) is 0.150. The van der Waals surface area contributed by atoms with Crippen molar-refractivity contribution in [3.05, 3.63) is 29.8 Å². The molecule has 0 saturated carbocycles. The van der Waals surface area contributed by atoms with E-state index in [0.29, 0.717) is 5.25 Å². The molecule has 1 unspecified atom stereocenters. The number of aliphatic carboxylic acids is 1. The maximum Gasteiger partial charge on any atom is 0.310 e. The topological polar surface area (TPSA) is 49.3 Å². The standard InChI is InChI=1S/C16H23NO2S/c1-15(2,14(18)19)16(3,4)17-10-12-9-11-7-5-6-8-13(11)20-12/h5-8,12,17H,9-10H2,1-4H3,(H,18,19). The Morgan fingerprint density at radius 1 is 1.35 bits per heavy atom. The second-order valence-corrected chi connectivity index (χ2v) is 7.83. The van der Waals surface area contributed by atoms with Crippen LogP contribution in [-0.4, -0.2) is 28.4 Å². The fraction of sp³-hybridized carbons (Fsp3) is 0.562. The first-order valence-electron chi connectivity index (χ1n) is 6.97. The average molecular weight is 293 g/mol. The molecule has 0 spiro atoms. The zero-order valence-corrected chi connectivity index (χ0v) is 13.4. The molecule has 1 aliphatic rings. The van der Waals surface area contributed by atoms with Gasteiger partial charge in [0.2, 0.25) is 0 Å². The Morgan fingerprint density at radius 3 is 2.60 bits per heavy atom. The van der Waals surface area contributed by atoms with E-state index < -0.39 is 16.9 Å². The van der Waals surface area contributed by atoms with Gasteiger partial charge in [-0.05, 0) is 45.7 Å². The van der Waals surface area contributed by atoms with Crippen LogP contribution in [0.1, 0.15) is 33.3 Å². The third-order valence-corrected chi connectivity index (χ3v) is 5.90. The maximum atomic E-state index is 11.4. The highest BCUT2D eigenvalue weighted by Crippen LogP contribution is 2.37. The normalized spacial score (nSPS) is 18.9. The van der Waals surface area contributed by atoms with Gasteiger partial charge in [-0.15, -0.1) is 11.8 Å². The van der Waals surface area contributed by atoms with Crippen molar-refractivity contribution in [2.75, 3.05) is 6.54 Å². The summed E-state index contributed by atoms with van der Waals surface area (Å²) in [6.45, 7) is 8.31. The molecular formula is C16H23NO2S. The van der Waals surface area contributed by atoms with E-state index in [-0.39, 0.29) is 0 Å². The van der Waals surface area contributed by atoms with Crippen molar-refractivity contribution in [2.45, 2.75) is 49.8 Å². The van der Waals surface area contributed by atoms with Crippen molar-refractivity contribution in [3.63, 3.8) is 0 Å². The molecule has 110 valence electrons. The molecule has 2 rings (SSSR count). The summed E-state index contributed by atoms with van der Waals surface area (Å²) in [4.78, 5) is 12.8. The fourth-order valence-electron chi connectivity index (χ4n) is 2.23. The molecule has 0 bridgehead atoms. The number of carboxylic acid groups (broad SMARTS) is 1. The molecule has 0 fully saturated rings. The predicted octanol–water partition coefficient (Wildman–Crippen LogP) is 3.18. The molecule has 0 aromatic heterocycles. The van der Waals surface area contributed by atoms with Crippen molar-refractivity contribution in [2.24, 2.45) is 5.41 Å². The predicted molar refractivity (Wildman–Crippen MR) is 83.3 cm³/mol. The lowest BCUT2D eigenvalue weighted by Gasteiger charge is -2.39. The van der Waals surface area contributed by atoms with Crippen LogP contribution in [0, 0.1) is 5.41 Å². The zero-order valence-electron chi connectivity index (χ0n) is 12.6. The van der Waals surface area contributed by atoms with E-state index in [4.69, 9.17) is 0 Å². The van der Waals surface area contributed by atoms with Crippen LogP contribution in [0.5, 0.6) is 0 Å². The summed E-state index contributed by atoms with van der Waals surface area (Å²) in [5, 5.41) is 13.3. The molecule has 1 aliphatic heterocycles. The van der Waals surface area contributed by atoms with E-state index >= 15 is 0 Å². The van der Waals surface area contributed by atoms with Gasteiger partial charge in [0.15, 0.2) is 0 Å². The highest BCUT2D eigenvalue weighted by atomic mass is 32.2. The highest BCUT2D eigenvalue weighted by Gasteiger charge is 2.43. The van der Waals surface area contributed by atoms with Crippen LogP contribution < -0.4 is 5.32 Å². The number of thioether (sulfide) groups is 1. The van der Waals surface area contributed by atoms with Gasteiger partial charge in [0.25, 0.3) is 0 Å². The minimum atomic E-state index is -0.802. The Morgan fingerprint density at radius 2 is 2.00 bits per heavy atom. The number of carboxylic acids is 1. The van der Waals surface area contributed by atoms with Crippen LogP contribution in [0.15, 0.2) is 29.2 Å². The third-order valence-electron chi connectivity index (χ3n) is 4.58. The Kier molecular flexibility index (Phi) is 4.17. The number of carbonyl (C=O) groups is 1. The molecule has 2 N–H and O–H groups in total. The fourth-order valence-corrected chi connectivity index (χ4v) is 3.47. The number of nitrogens with one attached hydrogen (secondary N) is 1. The van der Waals surface area contributed by atoms with Gasteiger partial charge in [-0.25, -0.2) is 0 Å². The summed E-state index contributed by atoms with van der Waals surface area (Å²) in [7, 11) is 0. The van der Waals surface area contributed by atoms with E-state index in [0.717, 1.165) is 13.0 Å². The molecular weight excluding hydrogens is 270 g/mol. The summed E-state index contributed by atoms with van der Waals surface area (Å²) in [6.07, 6.45) is 1.05. The first-order chi connectivity index (χ1) is 9.24. The number of benzene rings is 1. The molecule has 0 aliphatic carbocycles. The van der Waals surface area contributed by atoms with Gasteiger partial charge in [0.1, 0.15) is 0 Å². The largest absolute Gasteiger partial charge is 0.481 e. The molecule has 1 atom stereocenters. The van der Waals surface area contributed by atoms with Crippen LogP contribution in [0.25, 0.3) is 0 Å². The quantitative estimate of drug-likeness (QED) is 0.875. The lowest BCUT2D eigenvalue weighted by atomic mass is 9.74. The van der Waals surface area contributed by atoms with Crippen molar-refractivity contribution in [3.8, 4) is 0 Å². The van der Waals surface area contributed by atoms with E-state index in [1.807, 2.05) is 25.6 Å². The second kappa shape index (κ2) is 5.41. The molecule has 0 saturated heterocycles. The minimum absolute atomic E-state index is 0.450. The van der Waals surface area contributed by atoms with E-state index in [9.17, 15) is 9.90 Å².